The zero-order valence-corrected chi connectivity index (χ0v) is 15.0. The Morgan fingerprint density at radius 1 is 1.28 bits per heavy atom. The number of carbonyl (C=O) groups excluding carboxylic acids is 2. The molecule has 25 heavy (non-hydrogen) atoms. The van der Waals surface area contributed by atoms with E-state index in [1.807, 2.05) is 26.1 Å². The fourth-order valence-corrected chi connectivity index (χ4v) is 2.32. The average molecular weight is 344 g/mol. The zero-order valence-electron chi connectivity index (χ0n) is 15.0. The van der Waals surface area contributed by atoms with Gasteiger partial charge < -0.3 is 10.6 Å². The Labute approximate surface area is 147 Å². The molecule has 0 fully saturated rings. The molecule has 134 valence electrons. The molecule has 0 aliphatic carbocycles. The van der Waals surface area contributed by atoms with Gasteiger partial charge in [-0.2, -0.15) is 9.90 Å². The highest BCUT2D eigenvalue weighted by atomic mass is 16.2. The maximum atomic E-state index is 12.2. The summed E-state index contributed by atoms with van der Waals surface area (Å²) in [6.07, 6.45) is 1.95. The van der Waals surface area contributed by atoms with Crippen molar-refractivity contribution in [1.29, 1.82) is 0 Å². The molecule has 2 amide bonds. The number of benzene rings is 1. The van der Waals surface area contributed by atoms with Gasteiger partial charge in [-0.05, 0) is 31.7 Å². The number of hydrogen-bond acceptors (Lipinski definition) is 5. The smallest absolute Gasteiger partial charge is 0.256 e. The number of nitrogens with zero attached hydrogens (tertiary/aromatic N) is 4. The quantitative estimate of drug-likeness (QED) is 0.782. The first kappa shape index (κ1) is 18.6. The Morgan fingerprint density at radius 2 is 1.96 bits per heavy atom. The molecule has 0 bridgehead atoms. The van der Waals surface area contributed by atoms with E-state index in [1.165, 1.54) is 11.0 Å². The van der Waals surface area contributed by atoms with Gasteiger partial charge in [0.1, 0.15) is 0 Å². The van der Waals surface area contributed by atoms with E-state index in [9.17, 15) is 9.59 Å². The van der Waals surface area contributed by atoms with Crippen LogP contribution in [0, 0.1) is 0 Å². The van der Waals surface area contributed by atoms with E-state index in [1.54, 1.807) is 26.2 Å². The van der Waals surface area contributed by atoms with Crippen LogP contribution in [-0.4, -0.2) is 51.8 Å². The van der Waals surface area contributed by atoms with E-state index in [4.69, 9.17) is 0 Å². The Hall–Kier alpha value is -2.74. The minimum atomic E-state index is -0.228. The van der Waals surface area contributed by atoms with Crippen LogP contribution in [0.15, 0.2) is 30.5 Å². The fourth-order valence-electron chi connectivity index (χ4n) is 2.32. The highest BCUT2D eigenvalue weighted by molar-refractivity contribution is 6.03. The summed E-state index contributed by atoms with van der Waals surface area (Å²) < 4.78 is 0. The van der Waals surface area contributed by atoms with E-state index in [0.29, 0.717) is 24.3 Å². The van der Waals surface area contributed by atoms with Crippen molar-refractivity contribution in [3.05, 3.63) is 41.6 Å². The van der Waals surface area contributed by atoms with Crippen molar-refractivity contribution >= 4 is 17.6 Å². The van der Waals surface area contributed by atoms with Crippen LogP contribution in [0.5, 0.6) is 0 Å². The number of rotatable bonds is 7. The largest absolute Gasteiger partial charge is 0.359 e. The molecular weight excluding hydrogens is 320 g/mol. The lowest BCUT2D eigenvalue weighted by atomic mass is 10.1. The maximum absolute atomic E-state index is 12.2. The number of amides is 2. The van der Waals surface area contributed by atoms with Crippen LogP contribution < -0.4 is 10.6 Å². The Kier molecular flexibility index (Phi) is 6.24. The molecular formula is C17H24N6O2. The average Bonchev–Trinajstić information content (AvgIpc) is 3.00. The Bertz CT molecular complexity index is 725. The molecule has 2 N–H and O–H groups in total. The zero-order chi connectivity index (χ0) is 18.4. The normalized spacial score (nSPS) is 12.0. The fraction of sp³-hybridized carbons (Fsp3) is 0.412. The van der Waals surface area contributed by atoms with Gasteiger partial charge >= 0.3 is 0 Å². The number of anilines is 1. The van der Waals surface area contributed by atoms with Gasteiger partial charge in [0.15, 0.2) is 5.82 Å². The molecule has 0 aliphatic rings. The van der Waals surface area contributed by atoms with E-state index < -0.39 is 0 Å². The lowest BCUT2D eigenvalue weighted by Crippen LogP contribution is -2.33. The molecule has 0 spiro atoms. The predicted molar refractivity (Wildman–Crippen MR) is 95.0 cm³/mol. The third-order valence-corrected chi connectivity index (χ3v) is 4.00. The summed E-state index contributed by atoms with van der Waals surface area (Å²) in [5.41, 5.74) is 1.62. The standard InChI is InChI=1S/C17H24N6O2/c1-12(9-16(24)18-2)22(3)11-13-5-7-14(8-6-13)17(25)20-15-10-19-23(4)21-15/h5-8,10,12H,9,11H2,1-4H3,(H,18,24)(H,20,21,25)/t12-/m1/s1. The number of aryl methyl sites for hydroxylation is 1. The molecule has 1 heterocycles. The molecule has 2 aromatic rings. The van der Waals surface area contributed by atoms with Crippen molar-refractivity contribution in [1.82, 2.24) is 25.2 Å². The van der Waals surface area contributed by atoms with E-state index in [0.717, 1.165) is 5.56 Å². The first-order chi connectivity index (χ1) is 11.9. The van der Waals surface area contributed by atoms with Gasteiger partial charge in [0.25, 0.3) is 5.91 Å². The van der Waals surface area contributed by atoms with Crippen LogP contribution in [-0.2, 0) is 18.4 Å². The number of hydrogen-bond donors (Lipinski definition) is 2. The van der Waals surface area contributed by atoms with Crippen molar-refractivity contribution in [3.8, 4) is 0 Å². The van der Waals surface area contributed by atoms with Crippen LogP contribution in [0.1, 0.15) is 29.3 Å². The summed E-state index contributed by atoms with van der Waals surface area (Å²) in [6, 6.07) is 7.50. The van der Waals surface area contributed by atoms with Gasteiger partial charge in [-0.15, -0.1) is 5.10 Å². The SMILES string of the molecule is CNC(=O)C[C@@H](C)N(C)Cc1ccc(C(=O)Nc2cnn(C)n2)cc1. The van der Waals surface area contributed by atoms with E-state index >= 15 is 0 Å². The highest BCUT2D eigenvalue weighted by Crippen LogP contribution is 2.11. The second-order valence-corrected chi connectivity index (χ2v) is 6.01. The molecule has 8 heteroatoms. The summed E-state index contributed by atoms with van der Waals surface area (Å²) in [7, 11) is 5.30. The molecule has 1 atom stereocenters. The molecule has 1 aromatic heterocycles. The van der Waals surface area contributed by atoms with E-state index in [2.05, 4.69) is 25.7 Å². The number of carbonyl (C=O) groups is 2. The molecule has 0 radical (unpaired) electrons. The molecule has 0 unspecified atom stereocenters. The van der Waals surface area contributed by atoms with Gasteiger partial charge in [-0.3, -0.25) is 14.5 Å². The molecule has 8 nitrogen and oxygen atoms in total. The molecule has 2 rings (SSSR count). The predicted octanol–water partition coefficient (Wildman–Crippen LogP) is 1.02. The lowest BCUT2D eigenvalue weighted by Gasteiger charge is -2.24. The molecule has 0 saturated carbocycles. The Morgan fingerprint density at radius 3 is 2.52 bits per heavy atom. The molecule has 0 aliphatic heterocycles. The minimum absolute atomic E-state index is 0.0235. The van der Waals surface area contributed by atoms with Crippen molar-refractivity contribution in [2.45, 2.75) is 25.9 Å². The van der Waals surface area contributed by atoms with Gasteiger partial charge in [0, 0.05) is 38.7 Å². The minimum Gasteiger partial charge on any atom is -0.359 e. The van der Waals surface area contributed by atoms with Gasteiger partial charge in [-0.25, -0.2) is 0 Å². The summed E-state index contributed by atoms with van der Waals surface area (Å²) in [5, 5.41) is 13.3. The third kappa shape index (κ3) is 5.39. The van der Waals surface area contributed by atoms with Crippen molar-refractivity contribution < 1.29 is 9.59 Å². The van der Waals surface area contributed by atoms with Crippen molar-refractivity contribution in [2.75, 3.05) is 19.4 Å². The topological polar surface area (TPSA) is 92.2 Å². The summed E-state index contributed by atoms with van der Waals surface area (Å²) in [4.78, 5) is 27.1. The molecule has 1 aromatic carbocycles. The van der Waals surface area contributed by atoms with Crippen LogP contribution in [0.3, 0.4) is 0 Å². The molecule has 0 saturated heterocycles. The first-order valence-electron chi connectivity index (χ1n) is 8.06. The number of nitrogens with one attached hydrogen (secondary N) is 2. The van der Waals surface area contributed by atoms with Crippen molar-refractivity contribution in [3.63, 3.8) is 0 Å². The van der Waals surface area contributed by atoms with Gasteiger partial charge in [0.2, 0.25) is 5.91 Å². The van der Waals surface area contributed by atoms with Crippen LogP contribution >= 0.6 is 0 Å². The second kappa shape index (κ2) is 8.39. The first-order valence-corrected chi connectivity index (χ1v) is 8.06. The monoisotopic (exact) mass is 344 g/mol. The maximum Gasteiger partial charge on any atom is 0.256 e. The van der Waals surface area contributed by atoms with Crippen molar-refractivity contribution in [2.24, 2.45) is 7.05 Å². The summed E-state index contributed by atoms with van der Waals surface area (Å²) in [5.74, 6) is 0.211. The second-order valence-electron chi connectivity index (χ2n) is 6.01. The lowest BCUT2D eigenvalue weighted by molar-refractivity contribution is -0.121. The highest BCUT2D eigenvalue weighted by Gasteiger charge is 2.14. The van der Waals surface area contributed by atoms with Gasteiger partial charge in [0.05, 0.1) is 6.20 Å². The summed E-state index contributed by atoms with van der Waals surface area (Å²) in [6.45, 7) is 2.71. The third-order valence-electron chi connectivity index (χ3n) is 4.00. The van der Waals surface area contributed by atoms with Crippen LogP contribution in [0.2, 0.25) is 0 Å². The summed E-state index contributed by atoms with van der Waals surface area (Å²) >= 11 is 0. The number of aromatic nitrogens is 3. The van der Waals surface area contributed by atoms with E-state index in [-0.39, 0.29) is 17.9 Å². The van der Waals surface area contributed by atoms with Gasteiger partial charge in [-0.1, -0.05) is 12.1 Å². The van der Waals surface area contributed by atoms with Crippen LogP contribution in [0.4, 0.5) is 5.82 Å². The Balaban J connectivity index is 1.92. The van der Waals surface area contributed by atoms with Crippen LogP contribution in [0.25, 0.3) is 0 Å².